The van der Waals surface area contributed by atoms with E-state index in [4.69, 9.17) is 14.2 Å². The molecule has 22 heavy (non-hydrogen) atoms. The molecule has 1 N–H and O–H groups in total. The molecule has 0 radical (unpaired) electrons. The number of hydrogen-bond donors (Lipinski definition) is 1. The predicted molar refractivity (Wildman–Crippen MR) is 80.5 cm³/mol. The van der Waals surface area contributed by atoms with Crippen LogP contribution >= 0.6 is 0 Å². The van der Waals surface area contributed by atoms with E-state index in [1.807, 2.05) is 0 Å². The number of ether oxygens (including phenoxy) is 3. The topological polar surface area (TPSA) is 56.8 Å². The van der Waals surface area contributed by atoms with E-state index >= 15 is 0 Å². The first-order chi connectivity index (χ1) is 10.6. The van der Waals surface area contributed by atoms with E-state index in [1.54, 1.807) is 18.2 Å². The minimum atomic E-state index is -0.519. The molecule has 0 heterocycles. The van der Waals surface area contributed by atoms with Gasteiger partial charge in [-0.05, 0) is 18.2 Å². The summed E-state index contributed by atoms with van der Waals surface area (Å²) in [5, 5.41) is 2.66. The molecule has 0 aliphatic rings. The highest BCUT2D eigenvalue weighted by Crippen LogP contribution is 2.27. The molecule has 0 fully saturated rings. The molecular weight excluding hydrogens is 289 g/mol. The highest BCUT2D eigenvalue weighted by Gasteiger charge is 2.14. The first-order valence-electron chi connectivity index (χ1n) is 6.45. The van der Waals surface area contributed by atoms with Gasteiger partial charge in [-0.3, -0.25) is 4.79 Å². The van der Waals surface area contributed by atoms with Crippen LogP contribution in [-0.4, -0.2) is 27.2 Å². The third-order valence-corrected chi connectivity index (χ3v) is 3.02. The molecule has 0 aliphatic heterocycles. The maximum atomic E-state index is 13.3. The summed E-state index contributed by atoms with van der Waals surface area (Å²) < 4.78 is 28.7. The zero-order valence-electron chi connectivity index (χ0n) is 12.5. The summed E-state index contributed by atoms with van der Waals surface area (Å²) in [5.41, 5.74) is 0.566. The van der Waals surface area contributed by atoms with E-state index in [1.165, 1.54) is 33.5 Å². The van der Waals surface area contributed by atoms with Crippen LogP contribution in [0.2, 0.25) is 0 Å². The van der Waals surface area contributed by atoms with Gasteiger partial charge in [0, 0.05) is 23.9 Å². The summed E-state index contributed by atoms with van der Waals surface area (Å²) in [4.78, 5) is 12.3. The number of carbonyl (C=O) groups is 1. The van der Waals surface area contributed by atoms with Crippen molar-refractivity contribution >= 4 is 11.6 Å². The fraction of sp³-hybridized carbons (Fsp3) is 0.188. The molecule has 1 amide bonds. The molecule has 116 valence electrons. The molecule has 0 aliphatic carbocycles. The molecule has 0 bridgehead atoms. The normalized spacial score (nSPS) is 10.0. The standard InChI is InChI=1S/C16H16FNO4/c1-20-12-7-11(8-13(9-12)21-2)18-16(19)14-6-10(17)4-5-15(14)22-3/h4-9H,1-3H3,(H,18,19). The van der Waals surface area contributed by atoms with Crippen LogP contribution in [0.3, 0.4) is 0 Å². The Morgan fingerprint density at radius 2 is 1.59 bits per heavy atom. The second-order valence-electron chi connectivity index (χ2n) is 4.40. The molecule has 2 aromatic rings. The van der Waals surface area contributed by atoms with E-state index in [0.717, 1.165) is 6.07 Å². The average Bonchev–Trinajstić information content (AvgIpc) is 2.54. The molecule has 6 heteroatoms. The third kappa shape index (κ3) is 3.46. The molecule has 0 saturated heterocycles. The van der Waals surface area contributed by atoms with Crippen LogP contribution in [0.1, 0.15) is 10.4 Å². The number of rotatable bonds is 5. The van der Waals surface area contributed by atoms with Crippen molar-refractivity contribution in [2.24, 2.45) is 0 Å². The van der Waals surface area contributed by atoms with Crippen molar-refractivity contribution in [2.45, 2.75) is 0 Å². The van der Waals surface area contributed by atoms with Gasteiger partial charge >= 0.3 is 0 Å². The van der Waals surface area contributed by atoms with Crippen LogP contribution in [0, 0.1) is 5.82 Å². The number of methoxy groups -OCH3 is 3. The van der Waals surface area contributed by atoms with Crippen molar-refractivity contribution < 1.29 is 23.4 Å². The number of benzene rings is 2. The van der Waals surface area contributed by atoms with Gasteiger partial charge in [-0.2, -0.15) is 0 Å². The summed E-state index contributed by atoms with van der Waals surface area (Å²) in [6, 6.07) is 8.68. The van der Waals surface area contributed by atoms with Gasteiger partial charge in [0.15, 0.2) is 0 Å². The number of amides is 1. The van der Waals surface area contributed by atoms with Crippen molar-refractivity contribution in [1.29, 1.82) is 0 Å². The number of carbonyl (C=O) groups excluding carboxylic acids is 1. The first-order valence-corrected chi connectivity index (χ1v) is 6.45. The monoisotopic (exact) mass is 305 g/mol. The third-order valence-electron chi connectivity index (χ3n) is 3.02. The van der Waals surface area contributed by atoms with Gasteiger partial charge in [-0.1, -0.05) is 0 Å². The molecule has 2 aromatic carbocycles. The molecule has 2 rings (SSSR count). The van der Waals surface area contributed by atoms with Crippen LogP contribution in [0.5, 0.6) is 17.2 Å². The molecular formula is C16H16FNO4. The van der Waals surface area contributed by atoms with Gasteiger partial charge in [0.2, 0.25) is 0 Å². The smallest absolute Gasteiger partial charge is 0.259 e. The van der Waals surface area contributed by atoms with E-state index in [2.05, 4.69) is 5.32 Å². The Morgan fingerprint density at radius 3 is 2.14 bits per heavy atom. The molecule has 0 spiro atoms. The van der Waals surface area contributed by atoms with Gasteiger partial charge in [0.25, 0.3) is 5.91 Å². The minimum Gasteiger partial charge on any atom is -0.497 e. The second kappa shape index (κ2) is 6.80. The lowest BCUT2D eigenvalue weighted by Crippen LogP contribution is -2.13. The van der Waals surface area contributed by atoms with E-state index in [0.29, 0.717) is 17.2 Å². The Balaban J connectivity index is 2.31. The number of anilines is 1. The average molecular weight is 305 g/mol. The van der Waals surface area contributed by atoms with Crippen molar-refractivity contribution in [3.05, 3.63) is 47.8 Å². The number of hydrogen-bond acceptors (Lipinski definition) is 4. The maximum Gasteiger partial charge on any atom is 0.259 e. The SMILES string of the molecule is COc1cc(NC(=O)c2cc(F)ccc2OC)cc(OC)c1. The lowest BCUT2D eigenvalue weighted by Gasteiger charge is -2.11. The highest BCUT2D eigenvalue weighted by molar-refractivity contribution is 6.06. The molecule has 5 nitrogen and oxygen atoms in total. The van der Waals surface area contributed by atoms with Crippen LogP contribution in [0.15, 0.2) is 36.4 Å². The fourth-order valence-electron chi connectivity index (χ4n) is 1.94. The highest BCUT2D eigenvalue weighted by atomic mass is 19.1. The summed E-state index contributed by atoms with van der Waals surface area (Å²) in [5.74, 6) is 0.330. The summed E-state index contributed by atoms with van der Waals surface area (Å²) in [6.45, 7) is 0. The lowest BCUT2D eigenvalue weighted by molar-refractivity contribution is 0.102. The Morgan fingerprint density at radius 1 is 0.955 bits per heavy atom. The number of halogens is 1. The van der Waals surface area contributed by atoms with Crippen molar-refractivity contribution in [3.63, 3.8) is 0 Å². The predicted octanol–water partition coefficient (Wildman–Crippen LogP) is 3.10. The lowest BCUT2D eigenvalue weighted by atomic mass is 10.1. The van der Waals surface area contributed by atoms with E-state index in [-0.39, 0.29) is 11.3 Å². The van der Waals surface area contributed by atoms with E-state index < -0.39 is 11.7 Å². The van der Waals surface area contributed by atoms with Crippen LogP contribution in [-0.2, 0) is 0 Å². The largest absolute Gasteiger partial charge is 0.497 e. The van der Waals surface area contributed by atoms with Crippen LogP contribution in [0.25, 0.3) is 0 Å². The van der Waals surface area contributed by atoms with Crippen LogP contribution < -0.4 is 19.5 Å². The zero-order valence-corrected chi connectivity index (χ0v) is 12.5. The van der Waals surface area contributed by atoms with Gasteiger partial charge < -0.3 is 19.5 Å². The molecule has 0 saturated carbocycles. The summed E-state index contributed by atoms with van der Waals surface area (Å²) >= 11 is 0. The summed E-state index contributed by atoms with van der Waals surface area (Å²) in [7, 11) is 4.44. The Hall–Kier alpha value is -2.76. The van der Waals surface area contributed by atoms with Crippen molar-refractivity contribution in [2.75, 3.05) is 26.6 Å². The molecule has 0 aromatic heterocycles. The van der Waals surface area contributed by atoms with Crippen molar-refractivity contribution in [3.8, 4) is 17.2 Å². The minimum absolute atomic E-state index is 0.101. The van der Waals surface area contributed by atoms with Gasteiger partial charge in [-0.25, -0.2) is 4.39 Å². The van der Waals surface area contributed by atoms with E-state index in [9.17, 15) is 9.18 Å². The number of nitrogens with one attached hydrogen (secondary N) is 1. The van der Waals surface area contributed by atoms with Gasteiger partial charge in [0.1, 0.15) is 23.1 Å². The quantitative estimate of drug-likeness (QED) is 0.922. The van der Waals surface area contributed by atoms with Gasteiger partial charge in [0.05, 0.1) is 26.9 Å². The first kappa shape index (κ1) is 15.6. The molecule has 0 atom stereocenters. The molecule has 0 unspecified atom stereocenters. The Kier molecular flexibility index (Phi) is 4.83. The van der Waals surface area contributed by atoms with Crippen molar-refractivity contribution in [1.82, 2.24) is 0 Å². The second-order valence-corrected chi connectivity index (χ2v) is 4.40. The zero-order chi connectivity index (χ0) is 16.1. The summed E-state index contributed by atoms with van der Waals surface area (Å²) in [6.07, 6.45) is 0. The Bertz CT molecular complexity index is 666. The van der Waals surface area contributed by atoms with Crippen LogP contribution in [0.4, 0.5) is 10.1 Å². The fourth-order valence-corrected chi connectivity index (χ4v) is 1.94. The maximum absolute atomic E-state index is 13.3. The van der Waals surface area contributed by atoms with Gasteiger partial charge in [-0.15, -0.1) is 0 Å². The Labute approximate surface area is 127 Å².